The topological polar surface area (TPSA) is 65.3 Å². The predicted molar refractivity (Wildman–Crippen MR) is 53.0 cm³/mol. The number of nitrogens with zero attached hydrogens (tertiary/aromatic N) is 1. The molecule has 3 unspecified atom stereocenters. The summed E-state index contributed by atoms with van der Waals surface area (Å²) >= 11 is 0. The molecule has 0 bridgehead atoms. The maximum atomic E-state index is 12.2. The van der Waals surface area contributed by atoms with Gasteiger partial charge < -0.3 is 15.2 Å². The molecule has 1 rings (SSSR count). The number of hydrogen-bond donors (Lipinski definition) is 2. The van der Waals surface area contributed by atoms with Gasteiger partial charge in [0.15, 0.2) is 5.92 Å². The van der Waals surface area contributed by atoms with Gasteiger partial charge in [0.1, 0.15) is 5.60 Å². The summed E-state index contributed by atoms with van der Waals surface area (Å²) in [4.78, 5) is 0. The minimum Gasteiger partial charge on any atom is -0.386 e. The highest BCUT2D eigenvalue weighted by Gasteiger charge is 2.42. The smallest absolute Gasteiger partial charge is 0.386 e. The average Bonchev–Trinajstić information content (AvgIpc) is 2.53. The zero-order valence-electron chi connectivity index (χ0n) is 9.42. The second kappa shape index (κ2) is 5.21. The number of nitrogens with one attached hydrogen (secondary N) is 1. The number of nitriles is 1. The second-order valence-electron chi connectivity index (χ2n) is 4.22. The molecule has 1 aliphatic rings. The van der Waals surface area contributed by atoms with Crippen LogP contribution in [0.1, 0.15) is 13.3 Å². The summed E-state index contributed by atoms with van der Waals surface area (Å²) in [6.07, 6.45) is -4.58. The Morgan fingerprint density at radius 2 is 2.29 bits per heavy atom. The van der Waals surface area contributed by atoms with Crippen molar-refractivity contribution in [3.63, 3.8) is 0 Å². The third-order valence-corrected chi connectivity index (χ3v) is 2.99. The molecule has 0 aromatic heterocycles. The van der Waals surface area contributed by atoms with Crippen molar-refractivity contribution in [2.24, 2.45) is 5.92 Å². The molecule has 3 atom stereocenters. The number of hydrogen-bond acceptors (Lipinski definition) is 4. The Hall–Kier alpha value is -0.840. The van der Waals surface area contributed by atoms with Gasteiger partial charge in [0.2, 0.25) is 0 Å². The van der Waals surface area contributed by atoms with Crippen molar-refractivity contribution in [1.29, 1.82) is 5.26 Å². The molecule has 0 aromatic carbocycles. The third kappa shape index (κ3) is 3.56. The summed E-state index contributed by atoms with van der Waals surface area (Å²) in [5, 5.41) is 20.9. The Balaban J connectivity index is 2.40. The van der Waals surface area contributed by atoms with E-state index in [1.807, 2.05) is 0 Å². The van der Waals surface area contributed by atoms with Crippen LogP contribution >= 0.6 is 0 Å². The van der Waals surface area contributed by atoms with Gasteiger partial charge in [-0.2, -0.15) is 18.4 Å². The van der Waals surface area contributed by atoms with E-state index in [0.29, 0.717) is 13.0 Å². The van der Waals surface area contributed by atoms with Crippen molar-refractivity contribution in [3.8, 4) is 6.07 Å². The van der Waals surface area contributed by atoms with Crippen molar-refractivity contribution in [1.82, 2.24) is 5.32 Å². The lowest BCUT2D eigenvalue weighted by Crippen LogP contribution is -2.47. The molecule has 0 aliphatic carbocycles. The zero-order chi connectivity index (χ0) is 13.1. The number of aliphatic hydroxyl groups is 1. The van der Waals surface area contributed by atoms with E-state index in [1.54, 1.807) is 6.92 Å². The SMILES string of the molecule is CC1OCCC1(O)CNCC(C#N)C(F)(F)F. The quantitative estimate of drug-likeness (QED) is 0.777. The van der Waals surface area contributed by atoms with Gasteiger partial charge in [-0.1, -0.05) is 0 Å². The highest BCUT2D eigenvalue weighted by molar-refractivity contribution is 4.94. The van der Waals surface area contributed by atoms with Crippen molar-refractivity contribution in [3.05, 3.63) is 0 Å². The van der Waals surface area contributed by atoms with Crippen molar-refractivity contribution < 1.29 is 23.0 Å². The van der Waals surface area contributed by atoms with Gasteiger partial charge in [-0.3, -0.25) is 0 Å². The average molecular weight is 252 g/mol. The first kappa shape index (κ1) is 14.2. The van der Waals surface area contributed by atoms with E-state index in [-0.39, 0.29) is 6.54 Å². The van der Waals surface area contributed by atoms with Crippen LogP contribution in [0, 0.1) is 17.2 Å². The van der Waals surface area contributed by atoms with E-state index in [0.717, 1.165) is 0 Å². The van der Waals surface area contributed by atoms with Crippen LogP contribution in [0.15, 0.2) is 0 Å². The Bertz CT molecular complexity index is 303. The van der Waals surface area contributed by atoms with E-state index in [4.69, 9.17) is 10.00 Å². The molecule has 1 aliphatic heterocycles. The van der Waals surface area contributed by atoms with E-state index in [9.17, 15) is 18.3 Å². The Morgan fingerprint density at radius 1 is 1.65 bits per heavy atom. The molecule has 0 radical (unpaired) electrons. The first-order valence-electron chi connectivity index (χ1n) is 5.30. The largest absolute Gasteiger partial charge is 0.405 e. The fourth-order valence-corrected chi connectivity index (χ4v) is 1.67. The fourth-order valence-electron chi connectivity index (χ4n) is 1.67. The second-order valence-corrected chi connectivity index (χ2v) is 4.22. The molecular formula is C10H15F3N2O2. The molecule has 0 aromatic rings. The van der Waals surface area contributed by atoms with E-state index >= 15 is 0 Å². The maximum Gasteiger partial charge on any atom is 0.405 e. The Kier molecular flexibility index (Phi) is 4.36. The number of halogens is 3. The summed E-state index contributed by atoms with van der Waals surface area (Å²) < 4.78 is 41.9. The molecule has 0 spiro atoms. The monoisotopic (exact) mass is 252 g/mol. The van der Waals surface area contributed by atoms with Crippen LogP contribution in [-0.4, -0.2) is 42.7 Å². The standard InChI is InChI=1S/C10H15F3N2O2/c1-7-9(16,2-3-17-7)6-15-5-8(4-14)10(11,12)13/h7-8,15-16H,2-3,5-6H2,1H3. The molecular weight excluding hydrogens is 237 g/mol. The summed E-state index contributed by atoms with van der Waals surface area (Å²) in [5.41, 5.74) is -1.15. The van der Waals surface area contributed by atoms with E-state index < -0.39 is 30.3 Å². The molecule has 1 heterocycles. The van der Waals surface area contributed by atoms with Crippen molar-refractivity contribution in [2.45, 2.75) is 31.2 Å². The normalized spacial score (nSPS) is 31.2. The molecule has 0 saturated carbocycles. The lowest BCUT2D eigenvalue weighted by atomic mass is 9.96. The number of alkyl halides is 3. The number of rotatable bonds is 4. The van der Waals surface area contributed by atoms with Crippen LogP contribution in [0.4, 0.5) is 13.2 Å². The summed E-state index contributed by atoms with van der Waals surface area (Å²) in [7, 11) is 0. The van der Waals surface area contributed by atoms with Crippen LogP contribution in [0.5, 0.6) is 0 Å². The van der Waals surface area contributed by atoms with Gasteiger partial charge in [-0.25, -0.2) is 0 Å². The minimum absolute atomic E-state index is 0.0115. The van der Waals surface area contributed by atoms with Crippen molar-refractivity contribution >= 4 is 0 Å². The Labute approximate surface area is 97.4 Å². The van der Waals surface area contributed by atoms with Crippen LogP contribution in [0.25, 0.3) is 0 Å². The number of ether oxygens (including phenoxy) is 1. The summed E-state index contributed by atoms with van der Waals surface area (Å²) in [5.74, 6) is -2.05. The van der Waals surface area contributed by atoms with Crippen molar-refractivity contribution in [2.75, 3.05) is 19.7 Å². The zero-order valence-corrected chi connectivity index (χ0v) is 9.42. The molecule has 1 saturated heterocycles. The van der Waals surface area contributed by atoms with Gasteiger partial charge in [-0.05, 0) is 6.92 Å². The van der Waals surface area contributed by atoms with Gasteiger partial charge in [0.25, 0.3) is 0 Å². The van der Waals surface area contributed by atoms with E-state index in [1.165, 1.54) is 6.07 Å². The van der Waals surface area contributed by atoms with Crippen LogP contribution < -0.4 is 5.32 Å². The summed E-state index contributed by atoms with van der Waals surface area (Å²) in [6, 6.07) is 1.19. The molecule has 2 N–H and O–H groups in total. The molecule has 0 amide bonds. The van der Waals surface area contributed by atoms with Gasteiger partial charge in [0.05, 0.1) is 12.2 Å². The first-order chi connectivity index (χ1) is 7.79. The highest BCUT2D eigenvalue weighted by Crippen LogP contribution is 2.27. The lowest BCUT2D eigenvalue weighted by molar-refractivity contribution is -0.158. The van der Waals surface area contributed by atoms with Crippen LogP contribution in [-0.2, 0) is 4.74 Å². The van der Waals surface area contributed by atoms with Crippen LogP contribution in [0.2, 0.25) is 0 Å². The minimum atomic E-state index is -4.54. The van der Waals surface area contributed by atoms with Gasteiger partial charge >= 0.3 is 6.18 Å². The van der Waals surface area contributed by atoms with Gasteiger partial charge in [-0.15, -0.1) is 0 Å². The molecule has 1 fully saturated rings. The van der Waals surface area contributed by atoms with E-state index in [2.05, 4.69) is 5.32 Å². The maximum absolute atomic E-state index is 12.2. The Morgan fingerprint density at radius 3 is 2.71 bits per heavy atom. The molecule has 98 valence electrons. The molecule has 17 heavy (non-hydrogen) atoms. The fraction of sp³-hybridized carbons (Fsp3) is 0.900. The highest BCUT2D eigenvalue weighted by atomic mass is 19.4. The lowest BCUT2D eigenvalue weighted by Gasteiger charge is -2.27. The van der Waals surface area contributed by atoms with Gasteiger partial charge in [0, 0.05) is 26.1 Å². The molecule has 4 nitrogen and oxygen atoms in total. The predicted octanol–water partition coefficient (Wildman–Crippen LogP) is 0.818. The molecule has 7 heteroatoms. The van der Waals surface area contributed by atoms with Crippen LogP contribution in [0.3, 0.4) is 0 Å². The summed E-state index contributed by atoms with van der Waals surface area (Å²) in [6.45, 7) is 1.53. The first-order valence-corrected chi connectivity index (χ1v) is 5.30. The third-order valence-electron chi connectivity index (χ3n) is 2.99.